The number of halogens is 1. The minimum atomic E-state index is -0.759. The molecule has 2 amide bonds. The van der Waals surface area contributed by atoms with Crippen LogP contribution in [-0.2, 0) is 16.0 Å². The second-order valence-electron chi connectivity index (χ2n) is 6.58. The number of hydrogen-bond acceptors (Lipinski definition) is 3. The van der Waals surface area contributed by atoms with Crippen LogP contribution in [0.2, 0.25) is 0 Å². The molecule has 2 aromatic carbocycles. The first kappa shape index (κ1) is 17.0. The number of hydrazone groups is 1. The standard InChI is InChI=1S/C20H18BrN3O2/c21-14-8-6-13-7-9-17(15(13)10-14)23-24-20(26)18-16(11-22-19(18)25)12-4-2-1-3-5-12/h1-6,8,10,16,18H,7,9,11H2,(H,22,25)(H,24,26)/b23-17+/t16-,18-/m0/s1. The van der Waals surface area contributed by atoms with Gasteiger partial charge < -0.3 is 5.32 Å². The smallest absolute Gasteiger partial charge is 0.253 e. The molecular weight excluding hydrogens is 394 g/mol. The number of rotatable bonds is 3. The molecule has 2 atom stereocenters. The molecule has 0 aromatic heterocycles. The fourth-order valence-corrected chi connectivity index (χ4v) is 4.03. The van der Waals surface area contributed by atoms with E-state index in [1.807, 2.05) is 42.5 Å². The first-order valence-corrected chi connectivity index (χ1v) is 9.40. The molecule has 5 nitrogen and oxygen atoms in total. The van der Waals surface area contributed by atoms with Gasteiger partial charge in [0.2, 0.25) is 5.91 Å². The molecule has 0 radical (unpaired) electrons. The van der Waals surface area contributed by atoms with Gasteiger partial charge in [-0.25, -0.2) is 5.43 Å². The van der Waals surface area contributed by atoms with Gasteiger partial charge >= 0.3 is 0 Å². The zero-order chi connectivity index (χ0) is 18.1. The van der Waals surface area contributed by atoms with Gasteiger partial charge in [-0.3, -0.25) is 9.59 Å². The van der Waals surface area contributed by atoms with Gasteiger partial charge in [0.25, 0.3) is 5.91 Å². The van der Waals surface area contributed by atoms with Gasteiger partial charge in [0.05, 0.1) is 5.71 Å². The second-order valence-corrected chi connectivity index (χ2v) is 7.49. The maximum absolute atomic E-state index is 12.7. The molecule has 0 unspecified atom stereocenters. The predicted molar refractivity (Wildman–Crippen MR) is 103 cm³/mol. The number of nitrogens with zero attached hydrogens (tertiary/aromatic N) is 1. The monoisotopic (exact) mass is 411 g/mol. The zero-order valence-electron chi connectivity index (χ0n) is 14.0. The molecule has 0 bridgehead atoms. The molecule has 1 heterocycles. The average molecular weight is 412 g/mol. The van der Waals surface area contributed by atoms with Gasteiger partial charge in [-0.2, -0.15) is 5.10 Å². The van der Waals surface area contributed by atoms with Crippen LogP contribution in [0, 0.1) is 5.92 Å². The van der Waals surface area contributed by atoms with Crippen molar-refractivity contribution in [2.45, 2.75) is 18.8 Å². The van der Waals surface area contributed by atoms with E-state index in [0.29, 0.717) is 6.54 Å². The highest BCUT2D eigenvalue weighted by molar-refractivity contribution is 9.10. The van der Waals surface area contributed by atoms with Crippen molar-refractivity contribution in [2.24, 2.45) is 11.0 Å². The van der Waals surface area contributed by atoms with Crippen LogP contribution < -0.4 is 10.7 Å². The van der Waals surface area contributed by atoms with Gasteiger partial charge in [0, 0.05) is 22.5 Å². The van der Waals surface area contributed by atoms with Crippen LogP contribution in [-0.4, -0.2) is 24.1 Å². The van der Waals surface area contributed by atoms with E-state index in [1.165, 1.54) is 5.56 Å². The van der Waals surface area contributed by atoms with E-state index in [4.69, 9.17) is 0 Å². The molecule has 2 aromatic rings. The van der Waals surface area contributed by atoms with E-state index >= 15 is 0 Å². The summed E-state index contributed by atoms with van der Waals surface area (Å²) < 4.78 is 0.983. The first-order valence-electron chi connectivity index (χ1n) is 8.61. The van der Waals surface area contributed by atoms with Crippen LogP contribution in [0.3, 0.4) is 0 Å². The maximum atomic E-state index is 12.7. The van der Waals surface area contributed by atoms with Crippen molar-refractivity contribution in [3.05, 3.63) is 69.7 Å². The largest absolute Gasteiger partial charge is 0.355 e. The minimum Gasteiger partial charge on any atom is -0.355 e. The Morgan fingerprint density at radius 2 is 1.96 bits per heavy atom. The lowest BCUT2D eigenvalue weighted by atomic mass is 9.88. The number of amides is 2. The van der Waals surface area contributed by atoms with E-state index in [9.17, 15) is 9.59 Å². The summed E-state index contributed by atoms with van der Waals surface area (Å²) >= 11 is 3.47. The molecule has 132 valence electrons. The lowest BCUT2D eigenvalue weighted by molar-refractivity contribution is -0.133. The van der Waals surface area contributed by atoms with Crippen molar-refractivity contribution < 1.29 is 9.59 Å². The molecule has 1 aliphatic carbocycles. The topological polar surface area (TPSA) is 70.6 Å². The molecule has 4 rings (SSSR count). The summed E-state index contributed by atoms with van der Waals surface area (Å²) in [4.78, 5) is 24.9. The van der Waals surface area contributed by atoms with E-state index < -0.39 is 5.92 Å². The average Bonchev–Trinajstić information content (AvgIpc) is 3.23. The fraction of sp³-hybridized carbons (Fsp3) is 0.250. The lowest BCUT2D eigenvalue weighted by Crippen LogP contribution is -2.35. The number of fused-ring (bicyclic) bond motifs is 1. The van der Waals surface area contributed by atoms with Crippen LogP contribution in [0.5, 0.6) is 0 Å². The predicted octanol–water partition coefficient (Wildman–Crippen LogP) is 2.75. The molecule has 26 heavy (non-hydrogen) atoms. The third kappa shape index (κ3) is 3.17. The van der Waals surface area contributed by atoms with Gasteiger partial charge in [0.1, 0.15) is 5.92 Å². The summed E-state index contributed by atoms with van der Waals surface area (Å²) in [7, 11) is 0. The van der Waals surface area contributed by atoms with Gasteiger partial charge in [0.15, 0.2) is 0 Å². The highest BCUT2D eigenvalue weighted by atomic mass is 79.9. The van der Waals surface area contributed by atoms with Crippen LogP contribution >= 0.6 is 15.9 Å². The van der Waals surface area contributed by atoms with Crippen LogP contribution in [0.4, 0.5) is 0 Å². The van der Waals surface area contributed by atoms with Crippen molar-refractivity contribution in [1.82, 2.24) is 10.7 Å². The van der Waals surface area contributed by atoms with E-state index in [-0.39, 0.29) is 17.7 Å². The Bertz CT molecular complexity index is 895. The number of carbonyl (C=O) groups excluding carboxylic acids is 2. The summed E-state index contributed by atoms with van der Waals surface area (Å²) in [6.45, 7) is 0.466. The van der Waals surface area contributed by atoms with Crippen molar-refractivity contribution in [3.8, 4) is 0 Å². The Kier molecular flexibility index (Phi) is 4.59. The molecule has 1 fully saturated rings. The van der Waals surface area contributed by atoms with Crippen molar-refractivity contribution in [1.29, 1.82) is 0 Å². The second kappa shape index (κ2) is 7.03. The summed E-state index contributed by atoms with van der Waals surface area (Å²) in [6, 6.07) is 15.7. The third-order valence-corrected chi connectivity index (χ3v) is 5.50. The number of nitrogens with one attached hydrogen (secondary N) is 2. The Hall–Kier alpha value is -2.47. The molecule has 1 saturated heterocycles. The molecular formula is C20H18BrN3O2. The number of benzene rings is 2. The zero-order valence-corrected chi connectivity index (χ0v) is 15.6. The Labute approximate surface area is 160 Å². The minimum absolute atomic E-state index is 0.172. The van der Waals surface area contributed by atoms with E-state index in [2.05, 4.69) is 37.8 Å². The molecule has 2 N–H and O–H groups in total. The summed E-state index contributed by atoms with van der Waals surface area (Å²) in [5.41, 5.74) is 6.74. The summed E-state index contributed by atoms with van der Waals surface area (Å²) in [5.74, 6) is -1.53. The Morgan fingerprint density at radius 1 is 1.15 bits per heavy atom. The highest BCUT2D eigenvalue weighted by Crippen LogP contribution is 2.29. The van der Waals surface area contributed by atoms with Gasteiger partial charge in [-0.15, -0.1) is 0 Å². The summed E-state index contributed by atoms with van der Waals surface area (Å²) in [5, 5.41) is 7.12. The van der Waals surface area contributed by atoms with Crippen LogP contribution in [0.15, 0.2) is 58.1 Å². The van der Waals surface area contributed by atoms with Crippen LogP contribution in [0.1, 0.15) is 29.0 Å². The Balaban J connectivity index is 1.53. The molecule has 2 aliphatic rings. The SMILES string of the molecule is O=C1NC[C@@H](c2ccccc2)[C@@H]1C(=O)N/N=C1\CCc2ccc(Br)cc21. The highest BCUT2D eigenvalue weighted by Gasteiger charge is 2.41. The summed E-state index contributed by atoms with van der Waals surface area (Å²) in [6.07, 6.45) is 1.69. The van der Waals surface area contributed by atoms with Crippen molar-refractivity contribution in [3.63, 3.8) is 0 Å². The van der Waals surface area contributed by atoms with Gasteiger partial charge in [-0.1, -0.05) is 52.3 Å². The quantitative estimate of drug-likeness (QED) is 0.601. The molecule has 0 saturated carbocycles. The number of aryl methyl sites for hydroxylation is 1. The normalized spacial score (nSPS) is 23.0. The van der Waals surface area contributed by atoms with Crippen LogP contribution in [0.25, 0.3) is 0 Å². The number of carbonyl (C=O) groups is 2. The molecule has 6 heteroatoms. The van der Waals surface area contributed by atoms with E-state index in [1.54, 1.807) is 0 Å². The third-order valence-electron chi connectivity index (χ3n) is 5.01. The lowest BCUT2D eigenvalue weighted by Gasteiger charge is -2.15. The van der Waals surface area contributed by atoms with Gasteiger partial charge in [-0.05, 0) is 36.1 Å². The fourth-order valence-electron chi connectivity index (χ4n) is 3.66. The Morgan fingerprint density at radius 3 is 2.77 bits per heavy atom. The maximum Gasteiger partial charge on any atom is 0.253 e. The molecule has 0 spiro atoms. The number of hydrogen-bond donors (Lipinski definition) is 2. The first-order chi connectivity index (χ1) is 12.6. The van der Waals surface area contributed by atoms with Crippen molar-refractivity contribution in [2.75, 3.05) is 6.54 Å². The van der Waals surface area contributed by atoms with Crippen molar-refractivity contribution >= 4 is 33.5 Å². The van der Waals surface area contributed by atoms with E-state index in [0.717, 1.165) is 34.2 Å². The molecule has 1 aliphatic heterocycles.